The van der Waals surface area contributed by atoms with Gasteiger partial charge in [-0.2, -0.15) is 0 Å². The number of aryl methyl sites for hydroxylation is 1. The summed E-state index contributed by atoms with van der Waals surface area (Å²) in [5.41, 5.74) is 2.53. The molecule has 0 saturated carbocycles. The number of hydrogen-bond acceptors (Lipinski definition) is 2. The molecule has 2 N–H and O–H groups in total. The summed E-state index contributed by atoms with van der Waals surface area (Å²) in [6, 6.07) is 11.9. The van der Waals surface area contributed by atoms with E-state index in [0.29, 0.717) is 6.54 Å². The van der Waals surface area contributed by atoms with Gasteiger partial charge in [0.1, 0.15) is 0 Å². The van der Waals surface area contributed by atoms with Crippen LogP contribution in [0.2, 0.25) is 0 Å². The summed E-state index contributed by atoms with van der Waals surface area (Å²) >= 11 is 1.51. The van der Waals surface area contributed by atoms with Crippen LogP contribution in [0.5, 0.6) is 0 Å². The minimum absolute atomic E-state index is 0.147. The molecule has 2 rings (SSSR count). The first kappa shape index (κ1) is 12.6. The van der Waals surface area contributed by atoms with E-state index in [2.05, 4.69) is 29.7 Å². The van der Waals surface area contributed by atoms with Gasteiger partial charge in [-0.25, -0.2) is 4.79 Å². The van der Waals surface area contributed by atoms with Crippen LogP contribution in [0.15, 0.2) is 41.8 Å². The number of urea groups is 1. The van der Waals surface area contributed by atoms with Crippen LogP contribution in [0.1, 0.15) is 11.1 Å². The van der Waals surface area contributed by atoms with Gasteiger partial charge in [0.15, 0.2) is 0 Å². The van der Waals surface area contributed by atoms with E-state index >= 15 is 0 Å². The van der Waals surface area contributed by atoms with Crippen molar-refractivity contribution < 1.29 is 4.79 Å². The van der Waals surface area contributed by atoms with E-state index in [0.717, 1.165) is 11.4 Å². The lowest BCUT2D eigenvalue weighted by Crippen LogP contribution is -2.30. The number of amides is 2. The van der Waals surface area contributed by atoms with Crippen LogP contribution in [0.3, 0.4) is 0 Å². The first-order valence-corrected chi connectivity index (χ1v) is 6.76. The molecule has 2 aromatic rings. The van der Waals surface area contributed by atoms with Crippen molar-refractivity contribution in [1.82, 2.24) is 5.32 Å². The van der Waals surface area contributed by atoms with Crippen molar-refractivity contribution in [3.63, 3.8) is 0 Å². The second kappa shape index (κ2) is 6.21. The number of carbonyl (C=O) groups excluding carboxylic acids is 1. The topological polar surface area (TPSA) is 41.1 Å². The molecule has 0 aliphatic carbocycles. The van der Waals surface area contributed by atoms with Crippen LogP contribution >= 0.6 is 11.3 Å². The van der Waals surface area contributed by atoms with Crippen molar-refractivity contribution in [1.29, 1.82) is 0 Å². The lowest BCUT2D eigenvalue weighted by atomic mass is 10.1. The zero-order valence-electron chi connectivity index (χ0n) is 10.3. The Morgan fingerprint density at radius 3 is 2.78 bits per heavy atom. The summed E-state index contributed by atoms with van der Waals surface area (Å²) in [5.74, 6) is 0. The summed E-state index contributed by atoms with van der Waals surface area (Å²) in [6.07, 6.45) is 0.852. The van der Waals surface area contributed by atoms with Gasteiger partial charge >= 0.3 is 6.03 Å². The first-order chi connectivity index (χ1) is 8.75. The Balaban J connectivity index is 1.75. The zero-order valence-corrected chi connectivity index (χ0v) is 11.1. The molecule has 94 valence electrons. The quantitative estimate of drug-likeness (QED) is 0.869. The first-order valence-electron chi connectivity index (χ1n) is 5.88. The van der Waals surface area contributed by atoms with E-state index in [9.17, 15) is 4.79 Å². The Kier molecular flexibility index (Phi) is 4.36. The Morgan fingerprint density at radius 1 is 1.22 bits per heavy atom. The number of carbonyl (C=O) groups is 1. The summed E-state index contributed by atoms with van der Waals surface area (Å²) < 4.78 is 0. The number of hydrogen-bond donors (Lipinski definition) is 2. The second-order valence-corrected chi connectivity index (χ2v) is 4.98. The maximum Gasteiger partial charge on any atom is 0.319 e. The van der Waals surface area contributed by atoms with Gasteiger partial charge in [0.25, 0.3) is 0 Å². The third-order valence-electron chi connectivity index (χ3n) is 2.70. The third-order valence-corrected chi connectivity index (χ3v) is 3.48. The van der Waals surface area contributed by atoms with Crippen molar-refractivity contribution >= 4 is 22.4 Å². The summed E-state index contributed by atoms with van der Waals surface area (Å²) in [5, 5.41) is 8.44. The molecule has 0 fully saturated rings. The highest BCUT2D eigenvalue weighted by Gasteiger charge is 2.02. The molecule has 4 heteroatoms. The number of rotatable bonds is 4. The van der Waals surface area contributed by atoms with Crippen LogP contribution in [-0.2, 0) is 6.42 Å². The van der Waals surface area contributed by atoms with Crippen molar-refractivity contribution in [3.8, 4) is 0 Å². The minimum Gasteiger partial charge on any atom is -0.338 e. The monoisotopic (exact) mass is 260 g/mol. The van der Waals surface area contributed by atoms with Gasteiger partial charge in [0.2, 0.25) is 0 Å². The largest absolute Gasteiger partial charge is 0.338 e. The average molecular weight is 260 g/mol. The zero-order chi connectivity index (χ0) is 12.8. The molecule has 2 amide bonds. The Morgan fingerprint density at radius 2 is 2.06 bits per heavy atom. The average Bonchev–Trinajstić information content (AvgIpc) is 2.84. The molecular weight excluding hydrogens is 244 g/mol. The highest BCUT2D eigenvalue weighted by molar-refractivity contribution is 7.14. The lowest BCUT2D eigenvalue weighted by molar-refractivity contribution is 0.252. The summed E-state index contributed by atoms with van der Waals surface area (Å²) in [6.45, 7) is 2.73. The van der Waals surface area contributed by atoms with Gasteiger partial charge < -0.3 is 5.32 Å². The maximum atomic E-state index is 11.6. The standard InChI is InChI=1S/C14H16N2OS/c1-11-5-2-3-6-12(11)8-9-15-14(17)16-13-7-4-10-18-13/h2-7,10H,8-9H2,1H3,(H2,15,16,17). The minimum atomic E-state index is -0.147. The molecule has 0 unspecified atom stereocenters. The van der Waals surface area contributed by atoms with Crippen molar-refractivity contribution in [2.24, 2.45) is 0 Å². The van der Waals surface area contributed by atoms with Gasteiger partial charge in [-0.15, -0.1) is 11.3 Å². The molecule has 0 aliphatic rings. The van der Waals surface area contributed by atoms with Gasteiger partial charge in [-0.05, 0) is 42.0 Å². The molecule has 0 radical (unpaired) electrons. The SMILES string of the molecule is Cc1ccccc1CCNC(=O)Nc1cccs1. The normalized spacial score (nSPS) is 10.1. The Hall–Kier alpha value is -1.81. The van der Waals surface area contributed by atoms with E-state index < -0.39 is 0 Å². The molecule has 3 nitrogen and oxygen atoms in total. The predicted octanol–water partition coefficient (Wildman–Crippen LogP) is 3.42. The fraction of sp³-hybridized carbons (Fsp3) is 0.214. The maximum absolute atomic E-state index is 11.6. The van der Waals surface area contributed by atoms with Crippen LogP contribution in [-0.4, -0.2) is 12.6 Å². The number of anilines is 1. The molecular formula is C14H16N2OS. The Labute approximate surface area is 111 Å². The lowest BCUT2D eigenvalue weighted by Gasteiger charge is -2.07. The second-order valence-electron chi connectivity index (χ2n) is 4.03. The smallest absolute Gasteiger partial charge is 0.319 e. The molecule has 0 atom stereocenters. The van der Waals surface area contributed by atoms with Crippen molar-refractivity contribution in [2.75, 3.05) is 11.9 Å². The van der Waals surface area contributed by atoms with E-state index in [1.54, 1.807) is 0 Å². The van der Waals surface area contributed by atoms with Crippen LogP contribution in [0, 0.1) is 6.92 Å². The van der Waals surface area contributed by atoms with Crippen LogP contribution < -0.4 is 10.6 Å². The van der Waals surface area contributed by atoms with Gasteiger partial charge in [-0.1, -0.05) is 24.3 Å². The van der Waals surface area contributed by atoms with Gasteiger partial charge in [0, 0.05) is 6.54 Å². The number of nitrogens with one attached hydrogen (secondary N) is 2. The van der Waals surface area contributed by atoms with Crippen LogP contribution in [0.4, 0.5) is 9.80 Å². The third kappa shape index (κ3) is 3.60. The summed E-state index contributed by atoms with van der Waals surface area (Å²) in [7, 11) is 0. The van der Waals surface area contributed by atoms with Crippen molar-refractivity contribution in [3.05, 3.63) is 52.9 Å². The van der Waals surface area contributed by atoms with Crippen LogP contribution in [0.25, 0.3) is 0 Å². The van der Waals surface area contributed by atoms with E-state index in [1.165, 1.54) is 22.5 Å². The van der Waals surface area contributed by atoms with E-state index in [4.69, 9.17) is 0 Å². The fourth-order valence-electron chi connectivity index (χ4n) is 1.71. The number of thiophene rings is 1. The molecule has 18 heavy (non-hydrogen) atoms. The molecule has 0 aliphatic heterocycles. The highest BCUT2D eigenvalue weighted by Crippen LogP contribution is 2.14. The fourth-order valence-corrected chi connectivity index (χ4v) is 2.32. The van der Waals surface area contributed by atoms with Crippen molar-refractivity contribution in [2.45, 2.75) is 13.3 Å². The van der Waals surface area contributed by atoms with Gasteiger partial charge in [-0.3, -0.25) is 5.32 Å². The molecule has 1 aromatic carbocycles. The van der Waals surface area contributed by atoms with E-state index in [1.807, 2.05) is 29.6 Å². The predicted molar refractivity (Wildman–Crippen MR) is 76.2 cm³/mol. The molecule has 0 bridgehead atoms. The van der Waals surface area contributed by atoms with Gasteiger partial charge in [0.05, 0.1) is 5.00 Å². The highest BCUT2D eigenvalue weighted by atomic mass is 32.1. The van der Waals surface area contributed by atoms with E-state index in [-0.39, 0.29) is 6.03 Å². The summed E-state index contributed by atoms with van der Waals surface area (Å²) in [4.78, 5) is 11.6. The number of benzene rings is 1. The molecule has 1 aromatic heterocycles. The Bertz CT molecular complexity index is 508. The molecule has 0 spiro atoms. The molecule has 0 saturated heterocycles. The molecule has 1 heterocycles.